The molecule has 4 atom stereocenters. The van der Waals surface area contributed by atoms with Crippen molar-refractivity contribution >= 4 is 29.3 Å². The fourth-order valence-corrected chi connectivity index (χ4v) is 7.43. The number of alkyl halides is 3. The number of halogens is 3. The van der Waals surface area contributed by atoms with E-state index in [9.17, 15) is 22.8 Å². The first-order valence-electron chi connectivity index (χ1n) is 15.1. The Bertz CT molecular complexity index is 1400. The second kappa shape index (κ2) is 10.3. The van der Waals surface area contributed by atoms with Crippen LogP contribution in [-0.2, 0) is 11.0 Å². The number of hydrogen-bond donors (Lipinski definition) is 3. The molecular formula is C31H40F3N7O2. The number of fused-ring (bicyclic) bond motifs is 3. The number of rotatable bonds is 6. The zero-order valence-electron chi connectivity index (χ0n) is 25.1. The molecule has 3 N–H and O–H groups in total. The van der Waals surface area contributed by atoms with Crippen molar-refractivity contribution in [1.82, 2.24) is 25.1 Å². The summed E-state index contributed by atoms with van der Waals surface area (Å²) in [5.74, 6) is -0.129. The highest BCUT2D eigenvalue weighted by molar-refractivity contribution is 5.95. The molecular weight excluding hydrogens is 559 g/mol. The summed E-state index contributed by atoms with van der Waals surface area (Å²) >= 11 is 0. The van der Waals surface area contributed by atoms with E-state index < -0.39 is 17.2 Å². The Morgan fingerprint density at radius 1 is 1.02 bits per heavy atom. The monoisotopic (exact) mass is 599 g/mol. The summed E-state index contributed by atoms with van der Waals surface area (Å²) in [6, 6.07) is 6.49. The topological polar surface area (TPSA) is 102 Å². The van der Waals surface area contributed by atoms with E-state index in [1.54, 1.807) is 24.3 Å². The molecule has 4 fully saturated rings. The first-order chi connectivity index (χ1) is 20.2. The fourth-order valence-electron chi connectivity index (χ4n) is 7.43. The van der Waals surface area contributed by atoms with Crippen molar-refractivity contribution in [3.8, 4) is 0 Å². The molecule has 43 heavy (non-hydrogen) atoms. The molecule has 1 aromatic carbocycles. The second-order valence-electron chi connectivity index (χ2n) is 13.7. The van der Waals surface area contributed by atoms with Crippen LogP contribution >= 0.6 is 0 Å². The van der Waals surface area contributed by atoms with Gasteiger partial charge in [-0.05, 0) is 77.3 Å². The molecule has 3 aliphatic carbocycles. The summed E-state index contributed by atoms with van der Waals surface area (Å²) in [7, 11) is 2.02. The van der Waals surface area contributed by atoms with Gasteiger partial charge in [-0.25, -0.2) is 4.98 Å². The first kappa shape index (κ1) is 29.7. The van der Waals surface area contributed by atoms with Crippen molar-refractivity contribution in [2.45, 2.75) is 70.6 Å². The lowest BCUT2D eigenvalue weighted by molar-refractivity contribution is -0.137. The lowest BCUT2D eigenvalue weighted by Crippen LogP contribution is -2.49. The van der Waals surface area contributed by atoms with Crippen LogP contribution in [0.5, 0.6) is 0 Å². The van der Waals surface area contributed by atoms with Crippen LogP contribution in [0.15, 0.2) is 30.5 Å². The normalized spacial score (nSPS) is 28.7. The number of likely N-dealkylation sites (N-methyl/N-ethyl adjacent to an activating group) is 1. The second-order valence-corrected chi connectivity index (χ2v) is 13.7. The van der Waals surface area contributed by atoms with Gasteiger partial charge >= 0.3 is 6.18 Å². The van der Waals surface area contributed by atoms with Crippen molar-refractivity contribution in [3.05, 3.63) is 41.6 Å². The summed E-state index contributed by atoms with van der Waals surface area (Å²) in [5.41, 5.74) is -1.08. The Balaban J connectivity index is 1.20. The number of hydrogen-bond acceptors (Lipinski definition) is 7. The minimum Gasteiger partial charge on any atom is -0.366 e. The van der Waals surface area contributed by atoms with Crippen molar-refractivity contribution in [1.29, 1.82) is 0 Å². The van der Waals surface area contributed by atoms with Gasteiger partial charge < -0.3 is 25.8 Å². The molecule has 0 radical (unpaired) electrons. The Morgan fingerprint density at radius 2 is 1.72 bits per heavy atom. The summed E-state index contributed by atoms with van der Waals surface area (Å²) in [6.45, 7) is 8.78. The van der Waals surface area contributed by atoms with Gasteiger partial charge in [-0.2, -0.15) is 18.2 Å². The van der Waals surface area contributed by atoms with E-state index in [4.69, 9.17) is 0 Å². The zero-order valence-corrected chi connectivity index (χ0v) is 25.1. The van der Waals surface area contributed by atoms with Gasteiger partial charge in [0.05, 0.1) is 5.41 Å². The highest BCUT2D eigenvalue weighted by Crippen LogP contribution is 2.91. The predicted octanol–water partition coefficient (Wildman–Crippen LogP) is 4.90. The third-order valence-corrected chi connectivity index (χ3v) is 9.76. The lowest BCUT2D eigenvalue weighted by Gasteiger charge is -2.40. The Morgan fingerprint density at radius 3 is 2.35 bits per heavy atom. The number of benzene rings is 1. The summed E-state index contributed by atoms with van der Waals surface area (Å²) in [4.78, 5) is 38.5. The molecule has 4 aliphatic rings. The maximum absolute atomic E-state index is 14.1. The fraction of sp³-hybridized carbons (Fsp3) is 0.613. The van der Waals surface area contributed by atoms with E-state index >= 15 is 0 Å². The number of aromatic nitrogens is 2. The summed E-state index contributed by atoms with van der Waals surface area (Å²) in [6.07, 6.45) is 0.242. The maximum atomic E-state index is 14.1. The number of nitrogens with one attached hydrogen (secondary N) is 3. The molecule has 3 saturated carbocycles. The average molecular weight is 600 g/mol. The molecule has 1 saturated heterocycles. The van der Waals surface area contributed by atoms with Crippen LogP contribution < -0.4 is 16.0 Å². The van der Waals surface area contributed by atoms with Crippen molar-refractivity contribution < 1.29 is 22.8 Å². The van der Waals surface area contributed by atoms with E-state index in [0.29, 0.717) is 30.8 Å². The van der Waals surface area contributed by atoms with Gasteiger partial charge in [0, 0.05) is 60.6 Å². The van der Waals surface area contributed by atoms with Crippen molar-refractivity contribution in [2.75, 3.05) is 43.9 Å². The quantitative estimate of drug-likeness (QED) is 0.434. The molecule has 2 aromatic rings. The highest BCUT2D eigenvalue weighted by atomic mass is 19.4. The number of anilines is 3. The van der Waals surface area contributed by atoms with Crippen LogP contribution in [0.2, 0.25) is 0 Å². The minimum atomic E-state index is -4.65. The lowest BCUT2D eigenvalue weighted by atomic mass is 9.70. The summed E-state index contributed by atoms with van der Waals surface area (Å²) in [5, 5.41) is 9.26. The number of piperazine rings is 1. The molecule has 9 nitrogen and oxygen atoms in total. The SMILES string of the molecule is CN1CCN(C(=O)c2ccc(Nc3ncc(C(F)(F)F)c(N[C@@H]4CCCC[C@]45C4CC45C(=O)NC(C)(C)C)n3)cc2)CC1. The van der Waals surface area contributed by atoms with Gasteiger partial charge in [0.25, 0.3) is 5.91 Å². The molecule has 0 bridgehead atoms. The largest absolute Gasteiger partial charge is 0.421 e. The Kier molecular flexibility index (Phi) is 7.14. The molecule has 1 aliphatic heterocycles. The smallest absolute Gasteiger partial charge is 0.366 e. The predicted molar refractivity (Wildman–Crippen MR) is 157 cm³/mol. The molecule has 1 aromatic heterocycles. The van der Waals surface area contributed by atoms with Crippen LogP contribution in [0.3, 0.4) is 0 Å². The van der Waals surface area contributed by atoms with Crippen LogP contribution in [0, 0.1) is 16.7 Å². The van der Waals surface area contributed by atoms with Crippen LogP contribution in [0.25, 0.3) is 0 Å². The number of carbonyl (C=O) groups is 2. The van der Waals surface area contributed by atoms with Crippen molar-refractivity contribution in [3.63, 3.8) is 0 Å². The van der Waals surface area contributed by atoms with E-state index in [2.05, 4.69) is 30.8 Å². The number of carbonyl (C=O) groups excluding carboxylic acids is 2. The molecule has 232 valence electrons. The minimum absolute atomic E-state index is 0.00865. The highest BCUT2D eigenvalue weighted by Gasteiger charge is 2.93. The number of nitrogens with zero attached hydrogens (tertiary/aromatic N) is 4. The van der Waals surface area contributed by atoms with Crippen LogP contribution in [0.4, 0.5) is 30.6 Å². The van der Waals surface area contributed by atoms with Gasteiger partial charge in [0.1, 0.15) is 11.4 Å². The van der Waals surface area contributed by atoms with E-state index in [-0.39, 0.29) is 46.5 Å². The van der Waals surface area contributed by atoms with Gasteiger partial charge in [-0.15, -0.1) is 0 Å². The van der Waals surface area contributed by atoms with Gasteiger partial charge in [0.2, 0.25) is 11.9 Å². The molecule has 2 unspecified atom stereocenters. The van der Waals surface area contributed by atoms with E-state index in [1.165, 1.54) is 0 Å². The standard InChI is InChI=1S/C31H40F3N7O2/c1-28(2,3)39-26(43)30-17-22(30)29(30)12-6-5-7-23(29)37-24-21(31(32,33)34)18-35-27(38-24)36-20-10-8-19(9-11-20)25(42)41-15-13-40(4)14-16-41/h8-11,18,22-23H,5-7,12-17H2,1-4H3,(H,39,43)(H2,35,36,37,38)/t22?,23-,29+,30?/m1/s1. The molecule has 2 amide bonds. The Hall–Kier alpha value is -3.41. The van der Waals surface area contributed by atoms with E-state index in [1.807, 2.05) is 32.7 Å². The third kappa shape index (κ3) is 5.32. The Labute approximate surface area is 250 Å². The molecule has 12 heteroatoms. The van der Waals surface area contributed by atoms with Gasteiger partial charge in [0.15, 0.2) is 0 Å². The van der Waals surface area contributed by atoms with Gasteiger partial charge in [-0.3, -0.25) is 9.59 Å². The summed E-state index contributed by atoms with van der Waals surface area (Å²) < 4.78 is 42.3. The molecule has 2 heterocycles. The van der Waals surface area contributed by atoms with Gasteiger partial charge in [-0.1, -0.05) is 12.8 Å². The molecule has 6 rings (SSSR count). The van der Waals surface area contributed by atoms with Crippen LogP contribution in [0.1, 0.15) is 68.8 Å². The molecule has 1 spiro atoms. The maximum Gasteiger partial charge on any atom is 0.421 e. The van der Waals surface area contributed by atoms with E-state index in [0.717, 1.165) is 45.0 Å². The van der Waals surface area contributed by atoms with Crippen LogP contribution in [-0.4, -0.2) is 76.4 Å². The average Bonchev–Trinajstić information content (AvgIpc) is 3.82. The number of amides is 2. The third-order valence-electron chi connectivity index (χ3n) is 9.76. The first-order valence-corrected chi connectivity index (χ1v) is 15.1. The van der Waals surface area contributed by atoms with Crippen molar-refractivity contribution in [2.24, 2.45) is 16.7 Å². The zero-order chi connectivity index (χ0) is 30.8.